The molecule has 0 radical (unpaired) electrons. The van der Waals surface area contributed by atoms with Crippen molar-refractivity contribution in [3.8, 4) is 0 Å². The largest absolute Gasteiger partial charge is 0.466 e. The Hall–Kier alpha value is -0.650. The van der Waals surface area contributed by atoms with E-state index in [4.69, 9.17) is 9.84 Å². The molecule has 228 valence electrons. The lowest BCUT2D eigenvalue weighted by molar-refractivity contribution is -0.144. The highest BCUT2D eigenvalue weighted by molar-refractivity contribution is 5.69. The number of unbranched alkanes of at least 4 members (excludes halogenated alkanes) is 11. The highest BCUT2D eigenvalue weighted by Gasteiger charge is 2.12. The van der Waals surface area contributed by atoms with Gasteiger partial charge in [-0.1, -0.05) is 104 Å². The van der Waals surface area contributed by atoms with Gasteiger partial charge < -0.3 is 19.8 Å². The molecule has 0 saturated heterocycles. The monoisotopic (exact) mass is 542 g/mol. The fourth-order valence-corrected chi connectivity index (χ4v) is 5.31. The van der Waals surface area contributed by atoms with Crippen LogP contribution in [0.2, 0.25) is 0 Å². The maximum atomic E-state index is 12.2. The van der Waals surface area contributed by atoms with E-state index in [1.165, 1.54) is 70.6 Å². The van der Waals surface area contributed by atoms with E-state index in [9.17, 15) is 9.90 Å². The van der Waals surface area contributed by atoms with Crippen molar-refractivity contribution < 1.29 is 19.7 Å². The van der Waals surface area contributed by atoms with Gasteiger partial charge in [-0.15, -0.1) is 0 Å². The third-order valence-electron chi connectivity index (χ3n) is 7.80. The van der Waals surface area contributed by atoms with Crippen LogP contribution >= 0.6 is 0 Å². The number of nitrogens with zero attached hydrogens (tertiary/aromatic N) is 1. The second kappa shape index (κ2) is 29.3. The molecule has 2 atom stereocenters. The molecule has 0 saturated carbocycles. The van der Waals surface area contributed by atoms with Crippen LogP contribution in [0.5, 0.6) is 0 Å². The standard InChI is InChI=1S/C33H67NO4/c1-4-7-10-15-22-31(21-9-6-3)23-20-29-38-33(37)25-16-11-12-17-26-34(27-18-13-19-28-35)30-32(36)24-14-8-5-2/h31-32,35-36H,4-30H2,1-3H3. The molecule has 0 aromatic rings. The third kappa shape index (κ3) is 25.6. The molecule has 0 bridgehead atoms. The average Bonchev–Trinajstić information content (AvgIpc) is 2.91. The van der Waals surface area contributed by atoms with E-state index in [0.29, 0.717) is 13.0 Å². The Kier molecular flexibility index (Phi) is 28.8. The molecule has 5 heteroatoms. The molecule has 2 unspecified atom stereocenters. The Labute approximate surface area is 237 Å². The Morgan fingerprint density at radius 1 is 0.658 bits per heavy atom. The number of aliphatic hydroxyl groups excluding tert-OH is 2. The zero-order valence-corrected chi connectivity index (χ0v) is 25.9. The average molecular weight is 542 g/mol. The third-order valence-corrected chi connectivity index (χ3v) is 7.80. The number of rotatable bonds is 30. The minimum atomic E-state index is -0.239. The lowest BCUT2D eigenvalue weighted by Gasteiger charge is -2.25. The Balaban J connectivity index is 4.01. The van der Waals surface area contributed by atoms with E-state index in [1.54, 1.807) is 0 Å². The molecular weight excluding hydrogens is 474 g/mol. The predicted molar refractivity (Wildman–Crippen MR) is 163 cm³/mol. The molecular formula is C33H67NO4. The van der Waals surface area contributed by atoms with Crippen molar-refractivity contribution in [2.75, 3.05) is 32.8 Å². The Morgan fingerprint density at radius 3 is 1.89 bits per heavy atom. The molecule has 2 N–H and O–H groups in total. The van der Waals surface area contributed by atoms with Gasteiger partial charge in [0.05, 0.1) is 12.7 Å². The highest BCUT2D eigenvalue weighted by atomic mass is 16.5. The van der Waals surface area contributed by atoms with Crippen LogP contribution in [0.25, 0.3) is 0 Å². The van der Waals surface area contributed by atoms with Crippen molar-refractivity contribution in [1.29, 1.82) is 0 Å². The summed E-state index contributed by atoms with van der Waals surface area (Å²) in [4.78, 5) is 14.6. The van der Waals surface area contributed by atoms with E-state index >= 15 is 0 Å². The van der Waals surface area contributed by atoms with E-state index in [2.05, 4.69) is 25.7 Å². The van der Waals surface area contributed by atoms with Crippen LogP contribution in [0.3, 0.4) is 0 Å². The van der Waals surface area contributed by atoms with Crippen LogP contribution in [0.15, 0.2) is 0 Å². The maximum Gasteiger partial charge on any atom is 0.305 e. The first-order chi connectivity index (χ1) is 18.6. The van der Waals surface area contributed by atoms with Crippen LogP contribution in [-0.2, 0) is 9.53 Å². The smallest absolute Gasteiger partial charge is 0.305 e. The van der Waals surface area contributed by atoms with Gasteiger partial charge in [0.1, 0.15) is 0 Å². The fraction of sp³-hybridized carbons (Fsp3) is 0.970. The minimum Gasteiger partial charge on any atom is -0.466 e. The number of ether oxygens (including phenoxy) is 1. The van der Waals surface area contributed by atoms with Gasteiger partial charge >= 0.3 is 5.97 Å². The predicted octanol–water partition coefficient (Wildman–Crippen LogP) is 8.44. The second-order valence-corrected chi connectivity index (χ2v) is 11.6. The molecule has 0 spiro atoms. The van der Waals surface area contributed by atoms with Crippen molar-refractivity contribution in [3.63, 3.8) is 0 Å². The Bertz CT molecular complexity index is 488. The van der Waals surface area contributed by atoms with Gasteiger partial charge in [0.15, 0.2) is 0 Å². The quantitative estimate of drug-likeness (QED) is 0.0705. The molecule has 5 nitrogen and oxygen atoms in total. The van der Waals surface area contributed by atoms with Crippen molar-refractivity contribution in [1.82, 2.24) is 4.90 Å². The van der Waals surface area contributed by atoms with Crippen LogP contribution in [0, 0.1) is 5.92 Å². The molecule has 0 aliphatic heterocycles. The summed E-state index contributed by atoms with van der Waals surface area (Å²) in [5.41, 5.74) is 0. The molecule has 0 aromatic carbocycles. The van der Waals surface area contributed by atoms with Gasteiger partial charge in [0.25, 0.3) is 0 Å². The van der Waals surface area contributed by atoms with E-state index in [-0.39, 0.29) is 18.7 Å². The van der Waals surface area contributed by atoms with Gasteiger partial charge in [-0.05, 0) is 70.4 Å². The van der Waals surface area contributed by atoms with Gasteiger partial charge in [-0.3, -0.25) is 4.79 Å². The van der Waals surface area contributed by atoms with Gasteiger partial charge in [0.2, 0.25) is 0 Å². The minimum absolute atomic E-state index is 0.0289. The molecule has 38 heavy (non-hydrogen) atoms. The van der Waals surface area contributed by atoms with Crippen molar-refractivity contribution in [3.05, 3.63) is 0 Å². The van der Waals surface area contributed by atoms with Crippen molar-refractivity contribution >= 4 is 5.97 Å². The van der Waals surface area contributed by atoms with Crippen LogP contribution < -0.4 is 0 Å². The fourth-order valence-electron chi connectivity index (χ4n) is 5.31. The number of aliphatic hydroxyl groups is 2. The van der Waals surface area contributed by atoms with E-state index in [1.807, 2.05) is 0 Å². The summed E-state index contributed by atoms with van der Waals surface area (Å²) in [6, 6.07) is 0. The first kappa shape index (κ1) is 37.4. The summed E-state index contributed by atoms with van der Waals surface area (Å²) < 4.78 is 5.54. The van der Waals surface area contributed by atoms with Crippen molar-refractivity contribution in [2.24, 2.45) is 5.92 Å². The molecule has 0 rings (SSSR count). The van der Waals surface area contributed by atoms with Crippen molar-refractivity contribution in [2.45, 2.75) is 168 Å². The van der Waals surface area contributed by atoms with Crippen LogP contribution in [0.1, 0.15) is 162 Å². The summed E-state index contributed by atoms with van der Waals surface area (Å²) in [7, 11) is 0. The lowest BCUT2D eigenvalue weighted by atomic mass is 9.91. The SMILES string of the molecule is CCCCCCC(CCCC)CCCOC(=O)CCCCCCN(CCCCCO)CC(O)CCCCC. The van der Waals surface area contributed by atoms with Crippen LogP contribution in [0.4, 0.5) is 0 Å². The molecule has 0 amide bonds. The number of esters is 1. The van der Waals surface area contributed by atoms with Crippen LogP contribution in [-0.4, -0.2) is 60.0 Å². The first-order valence-corrected chi connectivity index (χ1v) is 16.7. The van der Waals surface area contributed by atoms with E-state index in [0.717, 1.165) is 89.8 Å². The molecule has 0 aromatic heterocycles. The summed E-state index contributed by atoms with van der Waals surface area (Å²) in [5.74, 6) is 0.774. The summed E-state index contributed by atoms with van der Waals surface area (Å²) in [5, 5.41) is 19.5. The number of carbonyl (C=O) groups excluding carboxylic acids is 1. The molecule has 0 heterocycles. The maximum absolute atomic E-state index is 12.2. The highest BCUT2D eigenvalue weighted by Crippen LogP contribution is 2.22. The van der Waals surface area contributed by atoms with Gasteiger partial charge in [-0.25, -0.2) is 0 Å². The van der Waals surface area contributed by atoms with E-state index < -0.39 is 0 Å². The summed E-state index contributed by atoms with van der Waals surface area (Å²) in [6.07, 6.45) is 24.6. The first-order valence-electron chi connectivity index (χ1n) is 16.7. The zero-order chi connectivity index (χ0) is 28.1. The van der Waals surface area contributed by atoms with Gasteiger partial charge in [0, 0.05) is 19.6 Å². The topological polar surface area (TPSA) is 70.0 Å². The number of carbonyl (C=O) groups is 1. The van der Waals surface area contributed by atoms with Gasteiger partial charge in [-0.2, -0.15) is 0 Å². The normalized spacial score (nSPS) is 13.2. The number of hydrogen-bond donors (Lipinski definition) is 2. The summed E-state index contributed by atoms with van der Waals surface area (Å²) >= 11 is 0. The molecule has 0 aliphatic carbocycles. The zero-order valence-electron chi connectivity index (χ0n) is 25.9. The summed E-state index contributed by atoms with van der Waals surface area (Å²) in [6.45, 7) is 10.3. The molecule has 0 aliphatic rings. The second-order valence-electron chi connectivity index (χ2n) is 11.6. The number of hydrogen-bond acceptors (Lipinski definition) is 5. The molecule has 0 fully saturated rings. The lowest BCUT2D eigenvalue weighted by Crippen LogP contribution is -2.34. The Morgan fingerprint density at radius 2 is 1.21 bits per heavy atom.